The lowest BCUT2D eigenvalue weighted by molar-refractivity contribution is -0.325. The minimum atomic E-state index is -4.54. The van der Waals surface area contributed by atoms with E-state index >= 15 is 0 Å². The number of ether oxygens (including phenoxy) is 1. The summed E-state index contributed by atoms with van der Waals surface area (Å²) in [6.45, 7) is 4.16. The lowest BCUT2D eigenvalue weighted by Gasteiger charge is -2.42. The van der Waals surface area contributed by atoms with Crippen LogP contribution >= 0.6 is 0 Å². The van der Waals surface area contributed by atoms with E-state index in [2.05, 4.69) is 17.0 Å². The fraction of sp³-hybridized carbons (Fsp3) is 0.571. The van der Waals surface area contributed by atoms with Crippen molar-refractivity contribution in [2.24, 2.45) is 0 Å². The summed E-state index contributed by atoms with van der Waals surface area (Å²) in [4.78, 5) is 2.00. The maximum absolute atomic E-state index is 12.0. The van der Waals surface area contributed by atoms with Crippen LogP contribution in [-0.4, -0.2) is 44.0 Å². The van der Waals surface area contributed by atoms with Crippen LogP contribution in [0.4, 0.5) is 13.2 Å². The van der Waals surface area contributed by atoms with Crippen LogP contribution in [0.5, 0.6) is 0 Å². The van der Waals surface area contributed by atoms with Crippen molar-refractivity contribution in [2.75, 3.05) is 32.8 Å². The first-order chi connectivity index (χ1) is 9.39. The average Bonchev–Trinajstić information content (AvgIpc) is 2.38. The highest BCUT2D eigenvalue weighted by Crippen LogP contribution is 2.24. The number of hydrogen-bond donors (Lipinski definition) is 1. The number of nitrogens with one attached hydrogen (secondary N) is 1. The molecule has 3 nitrogen and oxygen atoms in total. The summed E-state index contributed by atoms with van der Waals surface area (Å²) in [6, 6.07) is 9.94. The Balaban J connectivity index is 1.91. The van der Waals surface area contributed by atoms with Crippen LogP contribution in [0, 0.1) is 0 Å². The van der Waals surface area contributed by atoms with E-state index in [1.807, 2.05) is 35.2 Å². The van der Waals surface area contributed by atoms with Gasteiger partial charge in [0.2, 0.25) is 0 Å². The predicted octanol–water partition coefficient (Wildman–Crippen LogP) is 2.34. The van der Waals surface area contributed by atoms with Gasteiger partial charge in [-0.25, -0.2) is 0 Å². The van der Waals surface area contributed by atoms with Gasteiger partial charge in [-0.05, 0) is 12.5 Å². The normalized spacial score (nSPS) is 24.8. The summed E-state index contributed by atoms with van der Waals surface area (Å²) in [6.07, 6.45) is -4.54. The highest BCUT2D eigenvalue weighted by Gasteiger charge is 2.33. The molecule has 0 aromatic heterocycles. The fourth-order valence-electron chi connectivity index (χ4n) is 2.55. The number of hydrogen-bond acceptors (Lipinski definition) is 3. The molecule has 1 aliphatic heterocycles. The van der Waals surface area contributed by atoms with Crippen LogP contribution in [0.2, 0.25) is 0 Å². The fourth-order valence-corrected chi connectivity index (χ4v) is 2.55. The Bertz CT molecular complexity index is 424. The molecule has 1 aliphatic rings. The summed E-state index contributed by atoms with van der Waals surface area (Å²) in [5.41, 5.74) is 0.902. The number of alkyl halides is 3. The van der Waals surface area contributed by atoms with E-state index in [4.69, 9.17) is 0 Å². The zero-order valence-electron chi connectivity index (χ0n) is 11.4. The predicted molar refractivity (Wildman–Crippen MR) is 70.2 cm³/mol. The first-order valence-electron chi connectivity index (χ1n) is 6.63. The molecule has 1 fully saturated rings. The van der Waals surface area contributed by atoms with Gasteiger partial charge in [0.05, 0.1) is 12.1 Å². The molecule has 1 aromatic carbocycles. The maximum Gasteiger partial charge on any atom is 0.522 e. The number of halogens is 3. The topological polar surface area (TPSA) is 24.5 Å². The van der Waals surface area contributed by atoms with Crippen molar-refractivity contribution >= 4 is 0 Å². The molecule has 0 radical (unpaired) electrons. The van der Waals surface area contributed by atoms with Crippen molar-refractivity contribution in [2.45, 2.75) is 18.8 Å². The van der Waals surface area contributed by atoms with Crippen molar-refractivity contribution in [3.05, 3.63) is 35.9 Å². The molecule has 1 saturated heterocycles. The van der Waals surface area contributed by atoms with Gasteiger partial charge in [0.1, 0.15) is 0 Å². The van der Waals surface area contributed by atoms with Crippen LogP contribution in [0.15, 0.2) is 30.3 Å². The Morgan fingerprint density at radius 1 is 1.30 bits per heavy atom. The highest BCUT2D eigenvalue weighted by atomic mass is 19.4. The Hall–Kier alpha value is -1.11. The zero-order valence-corrected chi connectivity index (χ0v) is 11.4. The van der Waals surface area contributed by atoms with Crippen molar-refractivity contribution in [1.82, 2.24) is 10.2 Å². The first kappa shape index (κ1) is 15.3. The van der Waals surface area contributed by atoms with Crippen LogP contribution in [-0.2, 0) is 10.3 Å². The second kappa shape index (κ2) is 6.11. The van der Waals surface area contributed by atoms with E-state index in [1.165, 1.54) is 0 Å². The van der Waals surface area contributed by atoms with Gasteiger partial charge in [-0.2, -0.15) is 0 Å². The van der Waals surface area contributed by atoms with Gasteiger partial charge >= 0.3 is 6.36 Å². The summed E-state index contributed by atoms with van der Waals surface area (Å²) >= 11 is 0. The van der Waals surface area contributed by atoms with Gasteiger partial charge in [-0.15, -0.1) is 13.2 Å². The molecule has 6 heteroatoms. The van der Waals surface area contributed by atoms with Gasteiger partial charge in [0.25, 0.3) is 0 Å². The SMILES string of the molecule is CC1(c2ccccc2)CN(CCOC(F)(F)F)CCN1. The molecule has 1 aromatic rings. The van der Waals surface area contributed by atoms with Crippen molar-refractivity contribution in [1.29, 1.82) is 0 Å². The van der Waals surface area contributed by atoms with E-state index in [1.54, 1.807) is 0 Å². The molecule has 2 rings (SSSR count). The van der Waals surface area contributed by atoms with E-state index in [0.717, 1.165) is 18.7 Å². The monoisotopic (exact) mass is 288 g/mol. The molecule has 0 amide bonds. The second-order valence-corrected chi connectivity index (χ2v) is 5.20. The van der Waals surface area contributed by atoms with Gasteiger partial charge in [0.15, 0.2) is 0 Å². The van der Waals surface area contributed by atoms with E-state index in [0.29, 0.717) is 6.54 Å². The third-order valence-electron chi connectivity index (χ3n) is 3.57. The lowest BCUT2D eigenvalue weighted by Crippen LogP contribution is -2.57. The average molecular weight is 288 g/mol. The van der Waals surface area contributed by atoms with Crippen LogP contribution < -0.4 is 5.32 Å². The molecular weight excluding hydrogens is 269 g/mol. The summed E-state index contributed by atoms with van der Waals surface area (Å²) in [7, 11) is 0. The smallest absolute Gasteiger partial charge is 0.305 e. The molecular formula is C14H19F3N2O. The van der Waals surface area contributed by atoms with E-state index in [-0.39, 0.29) is 18.7 Å². The zero-order chi connectivity index (χ0) is 14.6. The Morgan fingerprint density at radius 2 is 2.00 bits per heavy atom. The van der Waals surface area contributed by atoms with Crippen LogP contribution in [0.1, 0.15) is 12.5 Å². The molecule has 1 atom stereocenters. The lowest BCUT2D eigenvalue weighted by atomic mass is 9.90. The van der Waals surface area contributed by atoms with Gasteiger partial charge in [-0.3, -0.25) is 9.64 Å². The standard InChI is InChI=1S/C14H19F3N2O/c1-13(12-5-3-2-4-6-12)11-19(8-7-18-13)9-10-20-14(15,16)17/h2-6,18H,7-11H2,1H3. The molecule has 20 heavy (non-hydrogen) atoms. The van der Waals surface area contributed by atoms with Gasteiger partial charge in [-0.1, -0.05) is 30.3 Å². The van der Waals surface area contributed by atoms with Crippen LogP contribution in [0.3, 0.4) is 0 Å². The number of piperazine rings is 1. The maximum atomic E-state index is 12.0. The van der Waals surface area contributed by atoms with E-state index in [9.17, 15) is 13.2 Å². The largest absolute Gasteiger partial charge is 0.522 e. The number of nitrogens with zero attached hydrogens (tertiary/aromatic N) is 1. The minimum Gasteiger partial charge on any atom is -0.305 e. The van der Waals surface area contributed by atoms with Crippen molar-refractivity contribution in [3.8, 4) is 0 Å². The molecule has 0 aliphatic carbocycles. The Kier molecular flexibility index (Phi) is 4.67. The Labute approximate surface area is 116 Å². The first-order valence-corrected chi connectivity index (χ1v) is 6.63. The third-order valence-corrected chi connectivity index (χ3v) is 3.57. The molecule has 1 heterocycles. The van der Waals surface area contributed by atoms with E-state index < -0.39 is 6.36 Å². The summed E-state index contributed by atoms with van der Waals surface area (Å²) in [5, 5.41) is 3.44. The molecule has 1 N–H and O–H groups in total. The minimum absolute atomic E-state index is 0.238. The molecule has 0 bridgehead atoms. The summed E-state index contributed by atoms with van der Waals surface area (Å²) < 4.78 is 39.8. The van der Waals surface area contributed by atoms with Crippen molar-refractivity contribution < 1.29 is 17.9 Å². The number of rotatable bonds is 4. The highest BCUT2D eigenvalue weighted by molar-refractivity contribution is 5.24. The molecule has 112 valence electrons. The third kappa shape index (κ3) is 4.19. The quantitative estimate of drug-likeness (QED) is 0.920. The molecule has 1 unspecified atom stereocenters. The number of benzene rings is 1. The second-order valence-electron chi connectivity index (χ2n) is 5.20. The van der Waals surface area contributed by atoms with Crippen molar-refractivity contribution in [3.63, 3.8) is 0 Å². The van der Waals surface area contributed by atoms with Crippen LogP contribution in [0.25, 0.3) is 0 Å². The molecule has 0 spiro atoms. The Morgan fingerprint density at radius 3 is 2.65 bits per heavy atom. The van der Waals surface area contributed by atoms with Gasteiger partial charge < -0.3 is 5.32 Å². The summed E-state index contributed by atoms with van der Waals surface area (Å²) in [5.74, 6) is 0. The van der Waals surface area contributed by atoms with Gasteiger partial charge in [0, 0.05) is 26.2 Å². The molecule has 0 saturated carbocycles.